The van der Waals surface area contributed by atoms with E-state index in [1.54, 1.807) is 6.92 Å². The molecule has 30 heavy (non-hydrogen) atoms. The molecule has 0 aliphatic rings. The second kappa shape index (κ2) is 13.6. The molecule has 1 aromatic carbocycles. The zero-order chi connectivity index (χ0) is 21.8. The van der Waals surface area contributed by atoms with Gasteiger partial charge < -0.3 is 10.1 Å². The molecule has 0 bridgehead atoms. The van der Waals surface area contributed by atoms with Gasteiger partial charge in [0.25, 0.3) is 0 Å². The molecular weight excluding hydrogens is 462 g/mol. The Balaban J connectivity index is 1.95. The van der Waals surface area contributed by atoms with Crippen molar-refractivity contribution < 1.29 is 14.3 Å². The molecule has 0 spiro atoms. The second-order valence-corrected chi connectivity index (χ2v) is 9.15. The summed E-state index contributed by atoms with van der Waals surface area (Å²) in [4.78, 5) is 25.0. The van der Waals surface area contributed by atoms with Crippen molar-refractivity contribution in [1.82, 2.24) is 0 Å². The highest BCUT2D eigenvalue weighted by molar-refractivity contribution is 9.10. The molecule has 1 heterocycles. The summed E-state index contributed by atoms with van der Waals surface area (Å²) in [5.41, 5.74) is 2.14. The van der Waals surface area contributed by atoms with Gasteiger partial charge >= 0.3 is 5.97 Å². The molecule has 4 nitrogen and oxygen atoms in total. The van der Waals surface area contributed by atoms with Gasteiger partial charge in [0.2, 0.25) is 5.91 Å². The van der Waals surface area contributed by atoms with Crippen LogP contribution in [0.3, 0.4) is 0 Å². The molecule has 0 fully saturated rings. The fourth-order valence-corrected chi connectivity index (χ4v) is 4.54. The zero-order valence-corrected chi connectivity index (χ0v) is 20.4. The molecular formula is C24H32BrNO3S. The molecule has 1 N–H and O–H groups in total. The summed E-state index contributed by atoms with van der Waals surface area (Å²) in [6.07, 6.45) is 10.0. The number of nitrogens with one attached hydrogen (secondary N) is 1. The van der Waals surface area contributed by atoms with Gasteiger partial charge in [0, 0.05) is 21.8 Å². The lowest BCUT2D eigenvalue weighted by molar-refractivity contribution is -0.116. The summed E-state index contributed by atoms with van der Waals surface area (Å²) < 4.78 is 6.23. The first kappa shape index (κ1) is 24.6. The van der Waals surface area contributed by atoms with Crippen LogP contribution in [0.4, 0.5) is 5.00 Å². The molecule has 2 rings (SSSR count). The Hall–Kier alpha value is -1.66. The Kier molecular flexibility index (Phi) is 11.2. The predicted molar refractivity (Wildman–Crippen MR) is 129 cm³/mol. The number of hydrogen-bond acceptors (Lipinski definition) is 4. The van der Waals surface area contributed by atoms with Crippen LogP contribution in [0.2, 0.25) is 0 Å². The van der Waals surface area contributed by atoms with E-state index in [2.05, 4.69) is 28.2 Å². The van der Waals surface area contributed by atoms with E-state index >= 15 is 0 Å². The van der Waals surface area contributed by atoms with E-state index in [4.69, 9.17) is 4.74 Å². The van der Waals surface area contributed by atoms with E-state index < -0.39 is 5.97 Å². The largest absolute Gasteiger partial charge is 0.462 e. The Morgan fingerprint density at radius 3 is 2.23 bits per heavy atom. The molecule has 0 unspecified atom stereocenters. The van der Waals surface area contributed by atoms with E-state index in [0.29, 0.717) is 23.6 Å². The number of carbonyl (C=O) groups is 2. The molecule has 0 radical (unpaired) electrons. The average molecular weight is 494 g/mol. The molecule has 1 aromatic heterocycles. The first-order valence-electron chi connectivity index (χ1n) is 10.9. The van der Waals surface area contributed by atoms with Crippen molar-refractivity contribution in [2.75, 3.05) is 11.9 Å². The number of anilines is 1. The van der Waals surface area contributed by atoms with Crippen LogP contribution in [0, 0.1) is 0 Å². The van der Waals surface area contributed by atoms with E-state index in [1.807, 2.05) is 29.6 Å². The van der Waals surface area contributed by atoms with Crippen molar-refractivity contribution in [2.45, 2.75) is 71.6 Å². The van der Waals surface area contributed by atoms with Gasteiger partial charge in [-0.2, -0.15) is 0 Å². The van der Waals surface area contributed by atoms with Crippen LogP contribution in [-0.2, 0) is 9.53 Å². The number of ether oxygens (including phenoxy) is 1. The summed E-state index contributed by atoms with van der Waals surface area (Å²) in [5, 5.41) is 5.41. The lowest BCUT2D eigenvalue weighted by Gasteiger charge is -2.09. The maximum atomic E-state index is 12.6. The fraction of sp³-hybridized carbons (Fsp3) is 0.500. The maximum Gasteiger partial charge on any atom is 0.341 e. The summed E-state index contributed by atoms with van der Waals surface area (Å²) >= 11 is 4.80. The van der Waals surface area contributed by atoms with Gasteiger partial charge in [-0.25, -0.2) is 4.79 Å². The van der Waals surface area contributed by atoms with Gasteiger partial charge in [0.05, 0.1) is 6.61 Å². The third kappa shape index (κ3) is 7.88. The standard InChI is InChI=1S/C24H32BrNO3S/c1-3-5-6-7-8-9-10-11-12-21(27)26-23-22(24(28)29-4-2)20(17-30-23)18-13-15-19(25)16-14-18/h13-17H,3-12H2,1-2H3,(H,26,27). The van der Waals surface area contributed by atoms with E-state index in [-0.39, 0.29) is 5.91 Å². The van der Waals surface area contributed by atoms with Crippen LogP contribution < -0.4 is 5.32 Å². The summed E-state index contributed by atoms with van der Waals surface area (Å²) in [6, 6.07) is 7.76. The minimum absolute atomic E-state index is 0.0456. The van der Waals surface area contributed by atoms with Crippen molar-refractivity contribution in [3.05, 3.63) is 39.7 Å². The number of hydrogen-bond donors (Lipinski definition) is 1. The summed E-state index contributed by atoms with van der Waals surface area (Å²) in [5.74, 6) is -0.449. The molecule has 0 atom stereocenters. The van der Waals surface area contributed by atoms with Crippen LogP contribution in [-0.4, -0.2) is 18.5 Å². The Bertz CT molecular complexity index is 801. The van der Waals surface area contributed by atoms with Gasteiger partial charge in [-0.1, -0.05) is 79.9 Å². The minimum atomic E-state index is -0.404. The summed E-state index contributed by atoms with van der Waals surface area (Å²) in [7, 11) is 0. The zero-order valence-electron chi connectivity index (χ0n) is 18.0. The lowest BCUT2D eigenvalue weighted by Crippen LogP contribution is -2.14. The van der Waals surface area contributed by atoms with E-state index in [0.717, 1.165) is 28.4 Å². The normalized spacial score (nSPS) is 10.8. The number of rotatable bonds is 13. The lowest BCUT2D eigenvalue weighted by atomic mass is 10.0. The van der Waals surface area contributed by atoms with Crippen LogP contribution in [0.1, 0.15) is 82.0 Å². The molecule has 0 saturated heterocycles. The predicted octanol–water partition coefficient (Wildman–Crippen LogP) is 7.82. The minimum Gasteiger partial charge on any atom is -0.462 e. The monoisotopic (exact) mass is 493 g/mol. The molecule has 0 saturated carbocycles. The molecule has 1 amide bonds. The number of benzene rings is 1. The van der Waals surface area contributed by atoms with E-state index in [9.17, 15) is 9.59 Å². The van der Waals surface area contributed by atoms with Crippen LogP contribution in [0.25, 0.3) is 11.1 Å². The third-order valence-electron chi connectivity index (χ3n) is 4.94. The quantitative estimate of drug-likeness (QED) is 0.228. The highest BCUT2D eigenvalue weighted by Gasteiger charge is 2.22. The van der Waals surface area contributed by atoms with Crippen molar-refractivity contribution in [3.63, 3.8) is 0 Å². The average Bonchev–Trinajstić information content (AvgIpc) is 3.14. The fourth-order valence-electron chi connectivity index (χ4n) is 3.31. The number of esters is 1. The van der Waals surface area contributed by atoms with Crippen LogP contribution >= 0.6 is 27.3 Å². The highest BCUT2D eigenvalue weighted by atomic mass is 79.9. The Morgan fingerprint density at radius 1 is 0.967 bits per heavy atom. The molecule has 0 aliphatic heterocycles. The molecule has 6 heteroatoms. The van der Waals surface area contributed by atoms with Gasteiger partial charge in [-0.05, 0) is 31.0 Å². The van der Waals surface area contributed by atoms with Crippen molar-refractivity contribution in [1.29, 1.82) is 0 Å². The van der Waals surface area contributed by atoms with Gasteiger partial charge in [0.15, 0.2) is 0 Å². The Morgan fingerprint density at radius 2 is 1.60 bits per heavy atom. The number of carbonyl (C=O) groups excluding carboxylic acids is 2. The number of thiophene rings is 1. The molecule has 164 valence electrons. The maximum absolute atomic E-state index is 12.6. The van der Waals surface area contributed by atoms with E-state index in [1.165, 1.54) is 49.9 Å². The van der Waals surface area contributed by atoms with Crippen molar-refractivity contribution in [2.24, 2.45) is 0 Å². The van der Waals surface area contributed by atoms with Gasteiger partial charge in [-0.15, -0.1) is 11.3 Å². The first-order valence-corrected chi connectivity index (χ1v) is 12.6. The topological polar surface area (TPSA) is 55.4 Å². The van der Waals surface area contributed by atoms with Crippen LogP contribution in [0.5, 0.6) is 0 Å². The second-order valence-electron chi connectivity index (χ2n) is 7.35. The smallest absolute Gasteiger partial charge is 0.341 e. The van der Waals surface area contributed by atoms with Gasteiger partial charge in [0.1, 0.15) is 10.6 Å². The third-order valence-corrected chi connectivity index (χ3v) is 6.36. The SMILES string of the molecule is CCCCCCCCCCC(=O)Nc1scc(-c2ccc(Br)cc2)c1C(=O)OCC. The molecule has 0 aliphatic carbocycles. The Labute approximate surface area is 192 Å². The number of amides is 1. The van der Waals surface area contributed by atoms with Crippen molar-refractivity contribution in [3.8, 4) is 11.1 Å². The first-order chi connectivity index (χ1) is 14.6. The van der Waals surface area contributed by atoms with Crippen LogP contribution in [0.15, 0.2) is 34.1 Å². The van der Waals surface area contributed by atoms with Crippen molar-refractivity contribution >= 4 is 44.1 Å². The number of halogens is 1. The highest BCUT2D eigenvalue weighted by Crippen LogP contribution is 2.36. The number of unbranched alkanes of at least 4 members (excludes halogenated alkanes) is 7. The molecule has 2 aromatic rings. The summed E-state index contributed by atoms with van der Waals surface area (Å²) in [6.45, 7) is 4.30. The van der Waals surface area contributed by atoms with Gasteiger partial charge in [-0.3, -0.25) is 4.79 Å².